The van der Waals surface area contributed by atoms with Crippen molar-refractivity contribution in [3.63, 3.8) is 0 Å². The van der Waals surface area contributed by atoms with Gasteiger partial charge in [-0.1, -0.05) is 12.2 Å². The molecule has 0 saturated carbocycles. The molecule has 1 aromatic rings. The second-order valence-corrected chi connectivity index (χ2v) is 4.49. The second-order valence-electron chi connectivity index (χ2n) is 4.05. The van der Waals surface area contributed by atoms with Crippen LogP contribution in [0.1, 0.15) is 17.8 Å². The first-order valence-electron chi connectivity index (χ1n) is 5.42. The van der Waals surface area contributed by atoms with Crippen molar-refractivity contribution in [2.24, 2.45) is 5.73 Å². The molecule has 0 saturated heterocycles. The standard InChI is InChI=1S/C11H18N4OS/c1-8-7-9(10(12)17)14-11(13-8)16-6-4-5-15(2)3/h7H,4-6H2,1-3H3,(H2,12,17). The molecule has 0 aliphatic heterocycles. The lowest BCUT2D eigenvalue weighted by Gasteiger charge is -2.10. The fourth-order valence-electron chi connectivity index (χ4n) is 1.28. The van der Waals surface area contributed by atoms with Gasteiger partial charge in [0.2, 0.25) is 0 Å². The van der Waals surface area contributed by atoms with Gasteiger partial charge < -0.3 is 15.4 Å². The maximum Gasteiger partial charge on any atom is 0.317 e. The molecule has 5 nitrogen and oxygen atoms in total. The third kappa shape index (κ3) is 5.06. The number of hydrogen-bond donors (Lipinski definition) is 1. The van der Waals surface area contributed by atoms with Crippen LogP contribution < -0.4 is 10.5 Å². The third-order valence-corrected chi connectivity index (χ3v) is 2.28. The summed E-state index contributed by atoms with van der Waals surface area (Å²) in [4.78, 5) is 10.7. The number of thiocarbonyl (C=S) groups is 1. The molecule has 0 radical (unpaired) electrons. The van der Waals surface area contributed by atoms with Gasteiger partial charge in [-0.05, 0) is 33.5 Å². The molecule has 1 rings (SSSR count). The highest BCUT2D eigenvalue weighted by molar-refractivity contribution is 7.80. The molecule has 0 aliphatic rings. The minimum Gasteiger partial charge on any atom is -0.463 e. The van der Waals surface area contributed by atoms with Gasteiger partial charge in [0, 0.05) is 12.2 Å². The molecule has 0 spiro atoms. The fraction of sp³-hybridized carbons (Fsp3) is 0.545. The minimum atomic E-state index is 0.258. The van der Waals surface area contributed by atoms with E-state index in [1.807, 2.05) is 21.0 Å². The molecule has 0 aromatic carbocycles. The van der Waals surface area contributed by atoms with E-state index >= 15 is 0 Å². The van der Waals surface area contributed by atoms with Gasteiger partial charge >= 0.3 is 6.01 Å². The number of aryl methyl sites for hydroxylation is 1. The Balaban J connectivity index is 2.56. The number of hydrogen-bond acceptors (Lipinski definition) is 5. The van der Waals surface area contributed by atoms with E-state index < -0.39 is 0 Å². The molecule has 17 heavy (non-hydrogen) atoms. The summed E-state index contributed by atoms with van der Waals surface area (Å²) in [6, 6.07) is 2.08. The quantitative estimate of drug-likeness (QED) is 0.597. The normalized spacial score (nSPS) is 10.6. The molecule has 1 aromatic heterocycles. The van der Waals surface area contributed by atoms with Crippen LogP contribution in [0.3, 0.4) is 0 Å². The number of rotatable bonds is 6. The maximum absolute atomic E-state index is 5.53. The number of nitrogens with zero attached hydrogens (tertiary/aromatic N) is 3. The zero-order valence-electron chi connectivity index (χ0n) is 10.4. The van der Waals surface area contributed by atoms with Gasteiger partial charge in [-0.3, -0.25) is 0 Å². The Labute approximate surface area is 107 Å². The predicted molar refractivity (Wildman–Crippen MR) is 71.3 cm³/mol. The van der Waals surface area contributed by atoms with Gasteiger partial charge in [0.25, 0.3) is 0 Å². The smallest absolute Gasteiger partial charge is 0.317 e. The predicted octanol–water partition coefficient (Wildman–Crippen LogP) is 0.750. The van der Waals surface area contributed by atoms with E-state index in [0.29, 0.717) is 18.3 Å². The molecule has 0 fully saturated rings. The highest BCUT2D eigenvalue weighted by atomic mass is 32.1. The highest BCUT2D eigenvalue weighted by Gasteiger charge is 2.05. The van der Waals surface area contributed by atoms with Gasteiger partial charge in [0.15, 0.2) is 0 Å². The van der Waals surface area contributed by atoms with E-state index in [4.69, 9.17) is 22.7 Å². The number of ether oxygens (including phenoxy) is 1. The highest BCUT2D eigenvalue weighted by Crippen LogP contribution is 2.07. The van der Waals surface area contributed by atoms with Crippen LogP contribution in [0, 0.1) is 6.92 Å². The Morgan fingerprint density at radius 1 is 1.47 bits per heavy atom. The molecular weight excluding hydrogens is 236 g/mol. The molecule has 6 heteroatoms. The van der Waals surface area contributed by atoms with Crippen LogP contribution in [0.4, 0.5) is 0 Å². The van der Waals surface area contributed by atoms with Crippen molar-refractivity contribution in [3.05, 3.63) is 17.5 Å². The molecule has 2 N–H and O–H groups in total. The van der Waals surface area contributed by atoms with Gasteiger partial charge in [0.1, 0.15) is 10.7 Å². The summed E-state index contributed by atoms with van der Waals surface area (Å²) in [5.74, 6) is 0. The van der Waals surface area contributed by atoms with Gasteiger partial charge in [-0.15, -0.1) is 0 Å². The molecular formula is C11H18N4OS. The third-order valence-electron chi connectivity index (χ3n) is 2.07. The second kappa shape index (κ2) is 6.46. The molecule has 1 heterocycles. The van der Waals surface area contributed by atoms with Crippen LogP contribution in [0.15, 0.2) is 6.07 Å². The number of aromatic nitrogens is 2. The van der Waals surface area contributed by atoms with E-state index in [9.17, 15) is 0 Å². The zero-order valence-corrected chi connectivity index (χ0v) is 11.3. The topological polar surface area (TPSA) is 64.3 Å². The van der Waals surface area contributed by atoms with E-state index in [2.05, 4.69) is 14.9 Å². The number of nitrogens with two attached hydrogens (primary N) is 1. The lowest BCUT2D eigenvalue weighted by molar-refractivity contribution is 0.263. The van der Waals surface area contributed by atoms with Crippen LogP contribution in [0.25, 0.3) is 0 Å². The first kappa shape index (κ1) is 13.8. The summed E-state index contributed by atoms with van der Waals surface area (Å²) in [5.41, 5.74) is 6.87. The van der Waals surface area contributed by atoms with Gasteiger partial charge in [0.05, 0.1) is 6.61 Å². The Morgan fingerprint density at radius 3 is 2.76 bits per heavy atom. The van der Waals surface area contributed by atoms with Crippen LogP contribution in [0.2, 0.25) is 0 Å². The summed E-state index contributed by atoms with van der Waals surface area (Å²) >= 11 is 4.88. The molecule has 0 atom stereocenters. The summed E-state index contributed by atoms with van der Waals surface area (Å²) in [6.45, 7) is 3.41. The minimum absolute atomic E-state index is 0.258. The summed E-state index contributed by atoms with van der Waals surface area (Å²) in [5, 5.41) is 0. The first-order valence-corrected chi connectivity index (χ1v) is 5.83. The van der Waals surface area contributed by atoms with E-state index in [1.165, 1.54) is 0 Å². The fourth-order valence-corrected chi connectivity index (χ4v) is 1.38. The molecule has 0 amide bonds. The molecule has 0 bridgehead atoms. The average Bonchev–Trinajstić information content (AvgIpc) is 2.23. The maximum atomic E-state index is 5.53. The summed E-state index contributed by atoms with van der Waals surface area (Å²) in [7, 11) is 4.04. The lowest BCUT2D eigenvalue weighted by atomic mass is 10.3. The Morgan fingerprint density at radius 2 is 2.18 bits per heavy atom. The van der Waals surface area contributed by atoms with Crippen molar-refractivity contribution in [3.8, 4) is 6.01 Å². The Bertz CT molecular complexity index is 395. The Hall–Kier alpha value is -1.27. The van der Waals surface area contributed by atoms with Gasteiger partial charge in [-0.2, -0.15) is 4.98 Å². The average molecular weight is 254 g/mol. The lowest BCUT2D eigenvalue weighted by Crippen LogP contribution is -2.17. The van der Waals surface area contributed by atoms with Crippen LogP contribution >= 0.6 is 12.2 Å². The summed E-state index contributed by atoms with van der Waals surface area (Å²) in [6.07, 6.45) is 0.923. The molecule has 94 valence electrons. The monoisotopic (exact) mass is 254 g/mol. The van der Waals surface area contributed by atoms with E-state index in [-0.39, 0.29) is 4.99 Å². The van der Waals surface area contributed by atoms with E-state index in [1.54, 1.807) is 6.07 Å². The van der Waals surface area contributed by atoms with Crippen molar-refractivity contribution in [2.45, 2.75) is 13.3 Å². The van der Waals surface area contributed by atoms with Crippen molar-refractivity contribution in [2.75, 3.05) is 27.2 Å². The van der Waals surface area contributed by atoms with Gasteiger partial charge in [-0.25, -0.2) is 4.98 Å². The van der Waals surface area contributed by atoms with Crippen molar-refractivity contribution >= 4 is 17.2 Å². The first-order chi connectivity index (χ1) is 7.99. The van der Waals surface area contributed by atoms with E-state index in [0.717, 1.165) is 18.7 Å². The van der Waals surface area contributed by atoms with Crippen LogP contribution in [-0.4, -0.2) is 47.1 Å². The summed E-state index contributed by atoms with van der Waals surface area (Å²) < 4.78 is 5.46. The molecule has 0 aliphatic carbocycles. The van der Waals surface area contributed by atoms with Crippen LogP contribution in [-0.2, 0) is 0 Å². The zero-order chi connectivity index (χ0) is 12.8. The Kier molecular flexibility index (Phi) is 5.24. The van der Waals surface area contributed by atoms with Crippen LogP contribution in [0.5, 0.6) is 6.01 Å². The molecule has 0 unspecified atom stereocenters. The van der Waals surface area contributed by atoms with Crippen molar-refractivity contribution < 1.29 is 4.74 Å². The largest absolute Gasteiger partial charge is 0.463 e. The van der Waals surface area contributed by atoms with Crippen molar-refractivity contribution in [1.82, 2.24) is 14.9 Å². The van der Waals surface area contributed by atoms with Crippen molar-refractivity contribution in [1.29, 1.82) is 0 Å². The SMILES string of the molecule is Cc1cc(C(N)=S)nc(OCCCN(C)C)n1.